The minimum absolute atomic E-state index is 0.215. The summed E-state index contributed by atoms with van der Waals surface area (Å²) < 4.78 is 8.51. The highest BCUT2D eigenvalue weighted by molar-refractivity contribution is 6.31. The molecule has 0 aliphatic rings. The van der Waals surface area contributed by atoms with Gasteiger partial charge in [-0.3, -0.25) is 19.1 Å². The fourth-order valence-corrected chi connectivity index (χ4v) is 4.61. The van der Waals surface area contributed by atoms with Gasteiger partial charge in [-0.1, -0.05) is 47.5 Å². The van der Waals surface area contributed by atoms with E-state index in [9.17, 15) is 9.59 Å². The molecule has 0 fully saturated rings. The molecule has 5 rings (SSSR count). The van der Waals surface area contributed by atoms with E-state index in [0.717, 1.165) is 10.9 Å². The van der Waals surface area contributed by atoms with Crippen LogP contribution < -0.4 is 15.6 Å². The fraction of sp³-hybridized carbons (Fsp3) is 0.148. The number of halogens is 2. The highest BCUT2D eigenvalue weighted by atomic mass is 35.5. The number of nitrogens with one attached hydrogen (secondary N) is 1. The third-order valence-corrected chi connectivity index (χ3v) is 6.53. The maximum Gasteiger partial charge on any atom is 0.252 e. The number of amides is 1. The lowest BCUT2D eigenvalue weighted by Gasteiger charge is -2.21. The Bertz CT molecular complexity index is 1720. The largest absolute Gasteiger partial charge is 0.495 e. The Morgan fingerprint density at radius 2 is 1.92 bits per heavy atom. The molecule has 1 N–H and O–H groups in total. The van der Waals surface area contributed by atoms with E-state index < -0.39 is 6.04 Å². The van der Waals surface area contributed by atoms with Crippen LogP contribution in [0.5, 0.6) is 5.75 Å². The summed E-state index contributed by atoms with van der Waals surface area (Å²) in [4.78, 5) is 31.0. The van der Waals surface area contributed by atoms with Gasteiger partial charge in [-0.2, -0.15) is 0 Å². The summed E-state index contributed by atoms with van der Waals surface area (Å²) in [5.74, 6) is 0.0425. The molecule has 0 radical (unpaired) electrons. The third kappa shape index (κ3) is 4.98. The Morgan fingerprint density at radius 1 is 1.08 bits per heavy atom. The van der Waals surface area contributed by atoms with Crippen LogP contribution in [0.15, 0.2) is 78.0 Å². The summed E-state index contributed by atoms with van der Waals surface area (Å²) in [5, 5.41) is 12.4. The molecular formula is C27H22Cl2N6O3. The quantitative estimate of drug-likeness (QED) is 0.286. The van der Waals surface area contributed by atoms with E-state index in [0.29, 0.717) is 39.7 Å². The smallest absolute Gasteiger partial charge is 0.252 e. The Morgan fingerprint density at radius 3 is 2.66 bits per heavy atom. The van der Waals surface area contributed by atoms with Gasteiger partial charge in [0.25, 0.3) is 5.56 Å². The molecule has 0 aliphatic heterocycles. The molecule has 5 aromatic rings. The molecule has 1 amide bonds. The first kappa shape index (κ1) is 25.4. The highest BCUT2D eigenvalue weighted by Crippen LogP contribution is 2.35. The summed E-state index contributed by atoms with van der Waals surface area (Å²) in [6, 6.07) is 15.1. The lowest BCUT2D eigenvalue weighted by molar-refractivity contribution is -0.119. The van der Waals surface area contributed by atoms with Gasteiger partial charge in [0.05, 0.1) is 30.7 Å². The van der Waals surface area contributed by atoms with Crippen molar-refractivity contribution in [2.45, 2.75) is 19.4 Å². The molecule has 0 bridgehead atoms. The number of nitrogens with zero attached hydrogens (tertiary/aromatic N) is 5. The second kappa shape index (κ2) is 10.6. The first-order valence-corrected chi connectivity index (χ1v) is 12.5. The van der Waals surface area contributed by atoms with Crippen molar-refractivity contribution in [2.24, 2.45) is 0 Å². The van der Waals surface area contributed by atoms with E-state index in [1.54, 1.807) is 42.7 Å². The summed E-state index contributed by atoms with van der Waals surface area (Å²) in [6.07, 6.45) is 5.15. The predicted molar refractivity (Wildman–Crippen MR) is 147 cm³/mol. The predicted octanol–water partition coefficient (Wildman–Crippen LogP) is 5.55. The third-order valence-electron chi connectivity index (χ3n) is 6.12. The van der Waals surface area contributed by atoms with E-state index >= 15 is 0 Å². The number of benzene rings is 2. The topological polar surface area (TPSA) is 104 Å². The number of anilines is 1. The summed E-state index contributed by atoms with van der Waals surface area (Å²) in [7, 11) is 1.49. The number of carbonyl (C=O) groups excluding carboxylic acids is 1. The Balaban J connectivity index is 1.52. The molecule has 3 aromatic heterocycles. The fourth-order valence-electron chi connectivity index (χ4n) is 4.31. The number of hydrogen-bond acceptors (Lipinski definition) is 6. The molecule has 3 heterocycles. The summed E-state index contributed by atoms with van der Waals surface area (Å²) in [5.41, 5.74) is 2.62. The van der Waals surface area contributed by atoms with Gasteiger partial charge in [0.1, 0.15) is 11.8 Å². The van der Waals surface area contributed by atoms with Crippen molar-refractivity contribution in [1.29, 1.82) is 0 Å². The van der Waals surface area contributed by atoms with Gasteiger partial charge in [0, 0.05) is 39.5 Å². The van der Waals surface area contributed by atoms with Crippen molar-refractivity contribution in [3.05, 3.63) is 93.7 Å². The van der Waals surface area contributed by atoms with Crippen LogP contribution in [0.25, 0.3) is 27.7 Å². The van der Waals surface area contributed by atoms with Crippen LogP contribution in [0.4, 0.5) is 5.69 Å². The number of fused-ring (bicyclic) bond motifs is 1. The van der Waals surface area contributed by atoms with E-state index in [1.165, 1.54) is 28.6 Å². The lowest BCUT2D eigenvalue weighted by Crippen LogP contribution is -2.32. The van der Waals surface area contributed by atoms with Crippen LogP contribution >= 0.6 is 23.2 Å². The molecule has 2 aromatic carbocycles. The van der Waals surface area contributed by atoms with E-state index in [4.69, 9.17) is 27.9 Å². The van der Waals surface area contributed by atoms with Crippen LogP contribution in [0.2, 0.25) is 10.2 Å². The molecule has 0 spiro atoms. The average molecular weight is 549 g/mol. The summed E-state index contributed by atoms with van der Waals surface area (Å²) >= 11 is 12.3. The molecule has 192 valence electrons. The number of ether oxygens (including phenoxy) is 1. The lowest BCUT2D eigenvalue weighted by atomic mass is 10.0. The molecule has 1 unspecified atom stereocenters. The van der Waals surface area contributed by atoms with Crippen molar-refractivity contribution in [1.82, 2.24) is 24.5 Å². The van der Waals surface area contributed by atoms with Gasteiger partial charge >= 0.3 is 0 Å². The molecule has 1 atom stereocenters. The molecule has 0 aliphatic carbocycles. The normalized spacial score (nSPS) is 11.9. The highest BCUT2D eigenvalue weighted by Gasteiger charge is 2.23. The average Bonchev–Trinajstić information content (AvgIpc) is 3.35. The van der Waals surface area contributed by atoms with E-state index in [-0.39, 0.29) is 16.6 Å². The Labute approximate surface area is 227 Å². The van der Waals surface area contributed by atoms with Gasteiger partial charge in [-0.15, -0.1) is 5.10 Å². The molecule has 9 nitrogen and oxygen atoms in total. The number of hydrogen-bond donors (Lipinski definition) is 1. The van der Waals surface area contributed by atoms with Crippen LogP contribution in [-0.4, -0.2) is 37.6 Å². The van der Waals surface area contributed by atoms with Gasteiger partial charge in [-0.05, 0) is 42.8 Å². The number of rotatable bonds is 7. The maximum absolute atomic E-state index is 13.4. The molecule has 0 saturated carbocycles. The van der Waals surface area contributed by atoms with Gasteiger partial charge < -0.3 is 10.1 Å². The van der Waals surface area contributed by atoms with Crippen LogP contribution in [0.3, 0.4) is 0 Å². The zero-order chi connectivity index (χ0) is 26.8. The standard InChI is InChI=1S/C27H22Cl2N6O3/c1-3-22(27(37)31-18-8-6-16-5-4-10-30-21(16)12-18)34-14-24(38-2)20(13-26(34)36)19-11-17(28)7-9-23(19)35-15-25(29)32-33-35/h4-15,22H,3H2,1-2H3,(H,31,37). The number of aromatic nitrogens is 5. The molecular weight excluding hydrogens is 527 g/mol. The van der Waals surface area contributed by atoms with Crippen LogP contribution in [-0.2, 0) is 4.79 Å². The molecule has 38 heavy (non-hydrogen) atoms. The van der Waals surface area contributed by atoms with Crippen molar-refractivity contribution in [2.75, 3.05) is 12.4 Å². The van der Waals surface area contributed by atoms with Crippen molar-refractivity contribution in [3.8, 4) is 22.6 Å². The van der Waals surface area contributed by atoms with E-state index in [1.807, 2.05) is 25.1 Å². The maximum atomic E-state index is 13.4. The zero-order valence-corrected chi connectivity index (χ0v) is 21.9. The van der Waals surface area contributed by atoms with Gasteiger partial charge in [-0.25, -0.2) is 4.68 Å². The second-order valence-corrected chi connectivity index (χ2v) is 9.30. The number of methoxy groups -OCH3 is 1. The van der Waals surface area contributed by atoms with Crippen molar-refractivity contribution >= 4 is 45.7 Å². The minimum Gasteiger partial charge on any atom is -0.495 e. The Hall–Kier alpha value is -4.21. The first-order chi connectivity index (χ1) is 18.4. The van der Waals surface area contributed by atoms with Gasteiger partial charge in [0.2, 0.25) is 5.91 Å². The monoisotopic (exact) mass is 548 g/mol. The van der Waals surface area contributed by atoms with Crippen molar-refractivity contribution in [3.63, 3.8) is 0 Å². The summed E-state index contributed by atoms with van der Waals surface area (Å²) in [6.45, 7) is 1.84. The minimum atomic E-state index is -0.780. The van der Waals surface area contributed by atoms with Crippen molar-refractivity contribution < 1.29 is 9.53 Å². The van der Waals surface area contributed by atoms with Crippen LogP contribution in [0, 0.1) is 0 Å². The first-order valence-electron chi connectivity index (χ1n) is 11.7. The van der Waals surface area contributed by atoms with Gasteiger partial charge in [0.15, 0.2) is 5.15 Å². The zero-order valence-electron chi connectivity index (χ0n) is 20.4. The van der Waals surface area contributed by atoms with E-state index in [2.05, 4.69) is 20.6 Å². The Kier molecular flexibility index (Phi) is 7.13. The molecule has 0 saturated heterocycles. The van der Waals surface area contributed by atoms with Crippen LogP contribution in [0.1, 0.15) is 19.4 Å². The molecule has 11 heteroatoms. The number of carbonyl (C=O) groups is 1. The second-order valence-electron chi connectivity index (χ2n) is 8.47. The SMILES string of the molecule is CCC(C(=O)Nc1ccc2cccnc2c1)n1cc(OC)c(-c2cc(Cl)ccc2-n2cc(Cl)nn2)cc1=O. The number of pyridine rings is 2.